The van der Waals surface area contributed by atoms with Crippen molar-refractivity contribution in [1.29, 1.82) is 0 Å². The van der Waals surface area contributed by atoms with Crippen LogP contribution in [-0.4, -0.2) is 46.9 Å². The van der Waals surface area contributed by atoms with Gasteiger partial charge in [-0.25, -0.2) is 0 Å². The lowest BCUT2D eigenvalue weighted by Gasteiger charge is -2.35. The van der Waals surface area contributed by atoms with Crippen molar-refractivity contribution in [2.24, 2.45) is 0 Å². The van der Waals surface area contributed by atoms with Crippen LogP contribution < -0.4 is 0 Å². The van der Waals surface area contributed by atoms with E-state index in [1.165, 1.54) is 25.7 Å². The van der Waals surface area contributed by atoms with E-state index in [1.807, 2.05) is 0 Å². The third-order valence-electron chi connectivity index (χ3n) is 3.63. The number of hydrogen-bond acceptors (Lipinski definition) is 4. The van der Waals surface area contributed by atoms with Gasteiger partial charge in [0.25, 0.3) is 0 Å². The Morgan fingerprint density at radius 3 is 2.00 bits per heavy atom. The zero-order valence-corrected chi connectivity index (χ0v) is 11.4. The van der Waals surface area contributed by atoms with Gasteiger partial charge in [-0.1, -0.05) is 12.8 Å². The normalized spacial score (nSPS) is 24.4. The first-order valence-electron chi connectivity index (χ1n) is 6.34. The minimum Gasteiger partial charge on any atom is -0.364 e. The highest BCUT2D eigenvalue weighted by atomic mass is 28.4. The van der Waals surface area contributed by atoms with Crippen molar-refractivity contribution in [3.05, 3.63) is 0 Å². The molecule has 0 aromatic rings. The molecule has 1 saturated carbocycles. The summed E-state index contributed by atoms with van der Waals surface area (Å²) in [7, 11) is 0.908. The first-order valence-corrected chi connectivity index (χ1v) is 8.01. The quantitative estimate of drug-likeness (QED) is 0.691. The van der Waals surface area contributed by atoms with E-state index in [4.69, 9.17) is 13.3 Å². The van der Waals surface area contributed by atoms with Crippen molar-refractivity contribution in [1.82, 2.24) is 4.57 Å². The third kappa shape index (κ3) is 2.48. The zero-order chi connectivity index (χ0) is 11.4. The molecule has 0 aromatic heterocycles. The standard InChI is InChI=1S/C11H23NO3Si/c1-13-16(14-2,12-9-5-6-10-12)15-11-7-3-4-8-11/h11H,3-10H2,1-2H3. The van der Waals surface area contributed by atoms with Gasteiger partial charge in [0, 0.05) is 14.2 Å². The van der Waals surface area contributed by atoms with Gasteiger partial charge in [-0.05, 0) is 38.8 Å². The van der Waals surface area contributed by atoms with Crippen LogP contribution in [0.25, 0.3) is 0 Å². The van der Waals surface area contributed by atoms with Crippen molar-refractivity contribution in [3.8, 4) is 0 Å². The number of rotatable bonds is 5. The third-order valence-corrected chi connectivity index (χ3v) is 6.51. The molecule has 0 amide bonds. The lowest BCUT2D eigenvalue weighted by Crippen LogP contribution is -2.60. The fourth-order valence-corrected chi connectivity index (χ4v) is 5.27. The molecule has 2 aliphatic rings. The molecule has 0 unspecified atom stereocenters. The first kappa shape index (κ1) is 12.5. The minimum absolute atomic E-state index is 0.354. The molecule has 0 spiro atoms. The molecule has 2 rings (SSSR count). The van der Waals surface area contributed by atoms with Gasteiger partial charge in [0.2, 0.25) is 0 Å². The summed E-state index contributed by atoms with van der Waals surface area (Å²) in [5.74, 6) is 0. The second-order valence-electron chi connectivity index (χ2n) is 4.65. The molecule has 1 heterocycles. The van der Waals surface area contributed by atoms with Gasteiger partial charge in [-0.2, -0.15) is 0 Å². The van der Waals surface area contributed by atoms with Crippen LogP contribution in [0, 0.1) is 0 Å². The maximum Gasteiger partial charge on any atom is 0.599 e. The van der Waals surface area contributed by atoms with Gasteiger partial charge in [0.1, 0.15) is 0 Å². The highest BCUT2D eigenvalue weighted by Gasteiger charge is 2.50. The fourth-order valence-electron chi connectivity index (χ4n) is 2.72. The second kappa shape index (κ2) is 5.60. The predicted octanol–water partition coefficient (Wildman–Crippen LogP) is 1.77. The number of nitrogens with zero attached hydrogens (tertiary/aromatic N) is 1. The first-order chi connectivity index (χ1) is 7.80. The highest BCUT2D eigenvalue weighted by molar-refractivity contribution is 6.57. The lowest BCUT2D eigenvalue weighted by molar-refractivity contribution is 0.0143. The molecular formula is C11H23NO3Si. The summed E-state index contributed by atoms with van der Waals surface area (Å²) in [5.41, 5.74) is 0. The number of hydrogen-bond donors (Lipinski definition) is 0. The van der Waals surface area contributed by atoms with Gasteiger partial charge >= 0.3 is 8.97 Å². The Hall–Kier alpha value is 0.0569. The summed E-state index contributed by atoms with van der Waals surface area (Å²) in [5, 5.41) is 0. The molecule has 2 fully saturated rings. The van der Waals surface area contributed by atoms with Crippen LogP contribution in [0.3, 0.4) is 0 Å². The molecule has 0 N–H and O–H groups in total. The van der Waals surface area contributed by atoms with Gasteiger partial charge in [0.15, 0.2) is 0 Å². The lowest BCUT2D eigenvalue weighted by atomic mass is 10.3. The Labute approximate surface area is 99.3 Å². The topological polar surface area (TPSA) is 30.9 Å². The van der Waals surface area contributed by atoms with Crippen LogP contribution in [0.15, 0.2) is 0 Å². The van der Waals surface area contributed by atoms with E-state index >= 15 is 0 Å². The van der Waals surface area contributed by atoms with Crippen LogP contribution in [-0.2, 0) is 13.3 Å². The molecule has 0 bridgehead atoms. The molecule has 4 nitrogen and oxygen atoms in total. The monoisotopic (exact) mass is 245 g/mol. The molecule has 1 saturated heterocycles. The molecule has 0 aromatic carbocycles. The second-order valence-corrected chi connectivity index (χ2v) is 7.38. The summed E-state index contributed by atoms with van der Waals surface area (Å²) in [4.78, 5) is 0. The van der Waals surface area contributed by atoms with Gasteiger partial charge in [-0.3, -0.25) is 4.57 Å². The summed E-state index contributed by atoms with van der Waals surface area (Å²) in [6, 6.07) is 0. The Morgan fingerprint density at radius 1 is 0.938 bits per heavy atom. The van der Waals surface area contributed by atoms with E-state index in [0.29, 0.717) is 6.10 Å². The molecule has 5 heteroatoms. The molecule has 0 atom stereocenters. The van der Waals surface area contributed by atoms with Crippen molar-refractivity contribution < 1.29 is 13.3 Å². The molecule has 94 valence electrons. The smallest absolute Gasteiger partial charge is 0.364 e. The van der Waals surface area contributed by atoms with Crippen molar-refractivity contribution in [2.45, 2.75) is 44.6 Å². The van der Waals surface area contributed by atoms with Crippen LogP contribution in [0.2, 0.25) is 0 Å². The van der Waals surface area contributed by atoms with E-state index in [-0.39, 0.29) is 0 Å². The van der Waals surface area contributed by atoms with E-state index < -0.39 is 8.97 Å². The summed E-state index contributed by atoms with van der Waals surface area (Å²) in [6.45, 7) is 2.11. The highest BCUT2D eigenvalue weighted by Crippen LogP contribution is 2.28. The molecule has 1 aliphatic carbocycles. The minimum atomic E-state index is -2.54. The van der Waals surface area contributed by atoms with Gasteiger partial charge < -0.3 is 13.3 Å². The SMILES string of the molecule is CO[Si](OC)(OC1CCCC1)N1CCCC1. The Kier molecular flexibility index (Phi) is 4.38. The zero-order valence-electron chi connectivity index (χ0n) is 10.4. The van der Waals surface area contributed by atoms with Crippen LogP contribution in [0.1, 0.15) is 38.5 Å². The maximum absolute atomic E-state index is 6.20. The van der Waals surface area contributed by atoms with Gasteiger partial charge in [0.05, 0.1) is 6.10 Å². The van der Waals surface area contributed by atoms with Crippen molar-refractivity contribution in [2.75, 3.05) is 27.3 Å². The summed E-state index contributed by atoms with van der Waals surface area (Å²) < 4.78 is 19.8. The predicted molar refractivity (Wildman–Crippen MR) is 63.9 cm³/mol. The van der Waals surface area contributed by atoms with E-state index in [2.05, 4.69) is 4.57 Å². The van der Waals surface area contributed by atoms with Gasteiger partial charge in [-0.15, -0.1) is 0 Å². The maximum atomic E-state index is 6.20. The van der Waals surface area contributed by atoms with Crippen molar-refractivity contribution >= 4 is 8.97 Å². The van der Waals surface area contributed by atoms with Crippen LogP contribution in [0.4, 0.5) is 0 Å². The van der Waals surface area contributed by atoms with E-state index in [1.54, 1.807) is 14.2 Å². The molecule has 1 aliphatic heterocycles. The molecular weight excluding hydrogens is 222 g/mol. The van der Waals surface area contributed by atoms with E-state index in [9.17, 15) is 0 Å². The Balaban J connectivity index is 2.00. The molecule has 16 heavy (non-hydrogen) atoms. The molecule has 0 radical (unpaired) electrons. The fraction of sp³-hybridized carbons (Fsp3) is 1.00. The average molecular weight is 245 g/mol. The Morgan fingerprint density at radius 2 is 1.50 bits per heavy atom. The summed E-state index contributed by atoms with van der Waals surface area (Å²) >= 11 is 0. The van der Waals surface area contributed by atoms with Crippen LogP contribution in [0.5, 0.6) is 0 Å². The average Bonchev–Trinajstić information content (AvgIpc) is 2.99. The largest absolute Gasteiger partial charge is 0.599 e. The van der Waals surface area contributed by atoms with E-state index in [0.717, 1.165) is 25.9 Å². The van der Waals surface area contributed by atoms with Crippen molar-refractivity contribution in [3.63, 3.8) is 0 Å². The Bertz CT molecular complexity index is 211. The van der Waals surface area contributed by atoms with Crippen LogP contribution >= 0.6 is 0 Å². The summed E-state index contributed by atoms with van der Waals surface area (Å²) in [6.07, 6.45) is 7.70.